The van der Waals surface area contributed by atoms with Crippen LogP contribution in [0.4, 0.5) is 10.5 Å². The van der Waals surface area contributed by atoms with Crippen LogP contribution in [0.25, 0.3) is 0 Å². The number of carbonyl (C=O) groups is 2. The lowest BCUT2D eigenvalue weighted by Crippen LogP contribution is -2.50. The fraction of sp³-hybridized carbons (Fsp3) is 0.500. The number of rotatable bonds is 5. The van der Waals surface area contributed by atoms with Gasteiger partial charge < -0.3 is 19.9 Å². The molecule has 1 aromatic rings. The Morgan fingerprint density at radius 3 is 2.46 bits per heavy atom. The maximum Gasteiger partial charge on any atom is 0.409 e. The number of nitrogens with one attached hydrogen (secondary N) is 1. The Kier molecular flexibility index (Phi) is 6.99. The Morgan fingerprint density at radius 2 is 1.83 bits per heavy atom. The summed E-state index contributed by atoms with van der Waals surface area (Å²) in [6.45, 7) is 4.67. The van der Waals surface area contributed by atoms with Crippen molar-refractivity contribution >= 4 is 40.9 Å². The molecule has 1 aliphatic rings. The zero-order valence-electron chi connectivity index (χ0n) is 13.6. The molecule has 1 heterocycles. The van der Waals surface area contributed by atoms with E-state index in [0.29, 0.717) is 55.8 Å². The van der Waals surface area contributed by atoms with Crippen molar-refractivity contribution in [2.45, 2.75) is 13.3 Å². The number of hydrogen-bond donors (Lipinski definition) is 1. The SMILES string of the molecule is CCOC(=O)N1CCN(C(=O)CCNc2ccc(Cl)cc2Cl)CC1. The van der Waals surface area contributed by atoms with Gasteiger partial charge in [0.05, 0.1) is 17.3 Å². The molecule has 1 aromatic carbocycles. The lowest BCUT2D eigenvalue weighted by atomic mass is 10.2. The van der Waals surface area contributed by atoms with Crippen LogP contribution in [-0.4, -0.2) is 61.1 Å². The monoisotopic (exact) mass is 373 g/mol. The number of nitrogens with zero attached hydrogens (tertiary/aromatic N) is 2. The van der Waals surface area contributed by atoms with Gasteiger partial charge in [0, 0.05) is 44.2 Å². The van der Waals surface area contributed by atoms with Gasteiger partial charge in [0.15, 0.2) is 0 Å². The van der Waals surface area contributed by atoms with Gasteiger partial charge in [-0.15, -0.1) is 0 Å². The molecular formula is C16H21Cl2N3O3. The third kappa shape index (κ3) is 5.18. The molecule has 0 saturated carbocycles. The van der Waals surface area contributed by atoms with Gasteiger partial charge in [-0.3, -0.25) is 4.79 Å². The summed E-state index contributed by atoms with van der Waals surface area (Å²) >= 11 is 11.9. The van der Waals surface area contributed by atoms with Gasteiger partial charge >= 0.3 is 6.09 Å². The Bertz CT molecular complexity index is 590. The largest absolute Gasteiger partial charge is 0.450 e. The summed E-state index contributed by atoms with van der Waals surface area (Å²) in [6, 6.07) is 5.18. The van der Waals surface area contributed by atoms with E-state index in [4.69, 9.17) is 27.9 Å². The smallest absolute Gasteiger partial charge is 0.409 e. The molecule has 0 radical (unpaired) electrons. The van der Waals surface area contributed by atoms with E-state index in [-0.39, 0.29) is 12.0 Å². The van der Waals surface area contributed by atoms with E-state index in [1.165, 1.54) is 0 Å². The number of amides is 2. The van der Waals surface area contributed by atoms with E-state index in [1.54, 1.807) is 34.9 Å². The second-order valence-electron chi connectivity index (χ2n) is 5.37. The molecule has 1 N–H and O–H groups in total. The summed E-state index contributed by atoms with van der Waals surface area (Å²) in [5.41, 5.74) is 0.751. The quantitative estimate of drug-likeness (QED) is 0.861. The van der Waals surface area contributed by atoms with E-state index in [1.807, 2.05) is 0 Å². The van der Waals surface area contributed by atoms with Crippen LogP contribution in [0.1, 0.15) is 13.3 Å². The maximum absolute atomic E-state index is 12.2. The van der Waals surface area contributed by atoms with Crippen molar-refractivity contribution in [2.75, 3.05) is 44.6 Å². The highest BCUT2D eigenvalue weighted by Crippen LogP contribution is 2.25. The van der Waals surface area contributed by atoms with Crippen molar-refractivity contribution in [2.24, 2.45) is 0 Å². The Morgan fingerprint density at radius 1 is 1.17 bits per heavy atom. The van der Waals surface area contributed by atoms with E-state index in [9.17, 15) is 9.59 Å². The highest BCUT2D eigenvalue weighted by Gasteiger charge is 2.24. The first-order valence-electron chi connectivity index (χ1n) is 7.89. The Balaban J connectivity index is 1.73. The number of benzene rings is 1. The summed E-state index contributed by atoms with van der Waals surface area (Å²) in [7, 11) is 0. The van der Waals surface area contributed by atoms with Crippen molar-refractivity contribution in [1.29, 1.82) is 0 Å². The van der Waals surface area contributed by atoms with E-state index in [2.05, 4.69) is 5.32 Å². The van der Waals surface area contributed by atoms with Crippen molar-refractivity contribution < 1.29 is 14.3 Å². The average Bonchev–Trinajstić information content (AvgIpc) is 2.57. The molecule has 24 heavy (non-hydrogen) atoms. The lowest BCUT2D eigenvalue weighted by molar-refractivity contribution is -0.132. The van der Waals surface area contributed by atoms with Crippen molar-refractivity contribution in [3.8, 4) is 0 Å². The van der Waals surface area contributed by atoms with Crippen LogP contribution in [0, 0.1) is 0 Å². The van der Waals surface area contributed by atoms with Crippen LogP contribution in [0.15, 0.2) is 18.2 Å². The standard InChI is InChI=1S/C16H21Cl2N3O3/c1-2-24-16(23)21-9-7-20(8-10-21)15(22)5-6-19-14-4-3-12(17)11-13(14)18/h3-4,11,19H,2,5-10H2,1H3. The number of halogens is 2. The summed E-state index contributed by atoms with van der Waals surface area (Å²) in [6.07, 6.45) is 0.0434. The lowest BCUT2D eigenvalue weighted by Gasteiger charge is -2.34. The summed E-state index contributed by atoms with van der Waals surface area (Å²) in [5.74, 6) is 0.0519. The summed E-state index contributed by atoms with van der Waals surface area (Å²) < 4.78 is 4.96. The summed E-state index contributed by atoms with van der Waals surface area (Å²) in [5, 5.41) is 4.23. The van der Waals surface area contributed by atoms with Crippen LogP contribution in [0.2, 0.25) is 10.0 Å². The van der Waals surface area contributed by atoms with Crippen molar-refractivity contribution in [3.63, 3.8) is 0 Å². The second kappa shape index (κ2) is 8.99. The molecule has 8 heteroatoms. The predicted octanol–water partition coefficient (Wildman–Crippen LogP) is 3.10. The molecule has 0 spiro atoms. The van der Waals surface area contributed by atoms with E-state index < -0.39 is 0 Å². The third-order valence-corrected chi connectivity index (χ3v) is 4.29. The first kappa shape index (κ1) is 18.7. The first-order valence-corrected chi connectivity index (χ1v) is 8.65. The minimum Gasteiger partial charge on any atom is -0.450 e. The molecule has 6 nitrogen and oxygen atoms in total. The molecule has 2 amide bonds. The van der Waals surface area contributed by atoms with Crippen LogP contribution in [-0.2, 0) is 9.53 Å². The molecule has 1 saturated heterocycles. The minimum atomic E-state index is -0.316. The fourth-order valence-electron chi connectivity index (χ4n) is 2.45. The zero-order chi connectivity index (χ0) is 17.5. The van der Waals surface area contributed by atoms with E-state index >= 15 is 0 Å². The first-order chi connectivity index (χ1) is 11.5. The molecule has 1 fully saturated rings. The topological polar surface area (TPSA) is 61.9 Å². The van der Waals surface area contributed by atoms with Gasteiger partial charge in [-0.05, 0) is 25.1 Å². The average molecular weight is 374 g/mol. The molecule has 0 bridgehead atoms. The van der Waals surface area contributed by atoms with Crippen molar-refractivity contribution in [1.82, 2.24) is 9.80 Å². The summed E-state index contributed by atoms with van der Waals surface area (Å²) in [4.78, 5) is 27.2. The highest BCUT2D eigenvalue weighted by atomic mass is 35.5. The molecule has 132 valence electrons. The third-order valence-electron chi connectivity index (χ3n) is 3.74. The normalized spacial score (nSPS) is 14.5. The Labute approximate surface area is 151 Å². The van der Waals surface area contributed by atoms with Crippen LogP contribution < -0.4 is 5.32 Å². The fourth-order valence-corrected chi connectivity index (χ4v) is 2.92. The molecule has 1 aliphatic heterocycles. The van der Waals surface area contributed by atoms with Gasteiger partial charge in [-0.1, -0.05) is 23.2 Å². The van der Waals surface area contributed by atoms with Gasteiger partial charge in [0.1, 0.15) is 0 Å². The van der Waals surface area contributed by atoms with Gasteiger partial charge in [-0.2, -0.15) is 0 Å². The number of hydrogen-bond acceptors (Lipinski definition) is 4. The molecule has 2 rings (SSSR count). The van der Waals surface area contributed by atoms with Gasteiger partial charge in [-0.25, -0.2) is 4.79 Å². The number of piperazine rings is 1. The van der Waals surface area contributed by atoms with Gasteiger partial charge in [0.25, 0.3) is 0 Å². The maximum atomic E-state index is 12.2. The predicted molar refractivity (Wildman–Crippen MR) is 94.7 cm³/mol. The number of ether oxygens (including phenoxy) is 1. The van der Waals surface area contributed by atoms with Crippen LogP contribution in [0.3, 0.4) is 0 Å². The minimum absolute atomic E-state index is 0.0519. The molecule has 0 aromatic heterocycles. The molecular weight excluding hydrogens is 353 g/mol. The second-order valence-corrected chi connectivity index (χ2v) is 6.21. The Hall–Kier alpha value is -1.66. The number of carbonyl (C=O) groups excluding carboxylic acids is 2. The van der Waals surface area contributed by atoms with Crippen LogP contribution in [0.5, 0.6) is 0 Å². The van der Waals surface area contributed by atoms with Crippen LogP contribution >= 0.6 is 23.2 Å². The van der Waals surface area contributed by atoms with E-state index in [0.717, 1.165) is 5.69 Å². The zero-order valence-corrected chi connectivity index (χ0v) is 15.1. The van der Waals surface area contributed by atoms with Crippen molar-refractivity contribution in [3.05, 3.63) is 28.2 Å². The molecule has 0 unspecified atom stereocenters. The highest BCUT2D eigenvalue weighted by molar-refractivity contribution is 6.36. The number of anilines is 1. The van der Waals surface area contributed by atoms with Gasteiger partial charge in [0.2, 0.25) is 5.91 Å². The molecule has 0 aliphatic carbocycles. The molecule has 0 atom stereocenters.